The molecule has 0 aliphatic carbocycles. The molecule has 1 aromatic rings. The summed E-state index contributed by atoms with van der Waals surface area (Å²) >= 11 is 1.84. The van der Waals surface area contributed by atoms with Crippen LogP contribution >= 0.6 is 22.6 Å². The molecule has 0 amide bonds. The fourth-order valence-corrected chi connectivity index (χ4v) is 0.843. The van der Waals surface area contributed by atoms with Crippen LogP contribution < -0.4 is 0 Å². The van der Waals surface area contributed by atoms with E-state index < -0.39 is 5.95 Å². The van der Waals surface area contributed by atoms with E-state index in [0.29, 0.717) is 9.26 Å². The van der Waals surface area contributed by atoms with Crippen molar-refractivity contribution >= 4 is 22.6 Å². The van der Waals surface area contributed by atoms with Crippen molar-refractivity contribution in [3.8, 4) is 0 Å². The summed E-state index contributed by atoms with van der Waals surface area (Å²) in [6.45, 7) is -0.214. The van der Waals surface area contributed by atoms with Gasteiger partial charge in [-0.3, -0.25) is 0 Å². The Bertz CT molecular complexity index is 241. The Morgan fingerprint density at radius 1 is 1.60 bits per heavy atom. The summed E-state index contributed by atoms with van der Waals surface area (Å²) in [5, 5.41) is 8.52. The van der Waals surface area contributed by atoms with E-state index in [1.807, 2.05) is 22.6 Å². The molecule has 0 saturated carbocycles. The van der Waals surface area contributed by atoms with Crippen molar-refractivity contribution in [3.63, 3.8) is 0 Å². The van der Waals surface area contributed by atoms with Gasteiger partial charge in [0, 0.05) is 0 Å². The number of halogens is 2. The predicted molar refractivity (Wildman–Crippen MR) is 42.8 cm³/mol. The topological polar surface area (TPSA) is 33.1 Å². The third-order valence-electron chi connectivity index (χ3n) is 1.02. The molecule has 1 heterocycles. The van der Waals surface area contributed by atoms with E-state index in [-0.39, 0.29) is 6.61 Å². The summed E-state index contributed by atoms with van der Waals surface area (Å²) in [4.78, 5) is 3.47. The lowest BCUT2D eigenvalue weighted by Crippen LogP contribution is -1.93. The SMILES string of the molecule is OCc1ccc(I)c(F)n1. The molecule has 0 saturated heterocycles. The molecule has 0 bridgehead atoms. The maximum Gasteiger partial charge on any atom is 0.226 e. The molecule has 54 valence electrons. The lowest BCUT2D eigenvalue weighted by molar-refractivity contribution is 0.275. The maximum absolute atomic E-state index is 12.5. The number of rotatable bonds is 1. The fraction of sp³-hybridized carbons (Fsp3) is 0.167. The number of hydrogen-bond acceptors (Lipinski definition) is 2. The fourth-order valence-electron chi connectivity index (χ4n) is 0.543. The van der Waals surface area contributed by atoms with E-state index in [2.05, 4.69) is 4.98 Å². The number of nitrogens with zero attached hydrogens (tertiary/aromatic N) is 1. The van der Waals surface area contributed by atoms with Crippen LogP contribution in [0.5, 0.6) is 0 Å². The van der Waals surface area contributed by atoms with Crippen LogP contribution in [0.3, 0.4) is 0 Å². The van der Waals surface area contributed by atoms with Gasteiger partial charge in [-0.1, -0.05) is 0 Å². The van der Waals surface area contributed by atoms with Crippen molar-refractivity contribution in [1.82, 2.24) is 4.98 Å². The second-order valence-electron chi connectivity index (χ2n) is 1.73. The average Bonchev–Trinajstić information content (AvgIpc) is 1.95. The molecule has 10 heavy (non-hydrogen) atoms. The highest BCUT2D eigenvalue weighted by Gasteiger charge is 1.99. The molecule has 0 unspecified atom stereocenters. The molecule has 4 heteroatoms. The number of aliphatic hydroxyl groups excluding tert-OH is 1. The summed E-state index contributed by atoms with van der Waals surface area (Å²) in [6, 6.07) is 3.17. The zero-order valence-electron chi connectivity index (χ0n) is 5.01. The summed E-state index contributed by atoms with van der Waals surface area (Å²) in [5.74, 6) is -0.521. The number of pyridine rings is 1. The van der Waals surface area contributed by atoms with Gasteiger partial charge in [0.05, 0.1) is 15.9 Å². The van der Waals surface area contributed by atoms with Crippen LogP contribution in [0, 0.1) is 9.52 Å². The van der Waals surface area contributed by atoms with Gasteiger partial charge in [-0.25, -0.2) is 4.98 Å². The second-order valence-corrected chi connectivity index (χ2v) is 2.90. The van der Waals surface area contributed by atoms with Crippen LogP contribution in [0.15, 0.2) is 12.1 Å². The monoisotopic (exact) mass is 253 g/mol. The zero-order chi connectivity index (χ0) is 7.56. The molecule has 0 spiro atoms. The minimum Gasteiger partial charge on any atom is -0.390 e. The lowest BCUT2D eigenvalue weighted by atomic mass is 10.4. The Labute approximate surface area is 71.2 Å². The minimum atomic E-state index is -0.521. The largest absolute Gasteiger partial charge is 0.390 e. The van der Waals surface area contributed by atoms with E-state index in [9.17, 15) is 4.39 Å². The first-order chi connectivity index (χ1) is 4.74. The Kier molecular flexibility index (Phi) is 2.56. The molecule has 0 aliphatic heterocycles. The van der Waals surface area contributed by atoms with Crippen molar-refractivity contribution in [1.29, 1.82) is 0 Å². The van der Waals surface area contributed by atoms with Crippen LogP contribution in [0.2, 0.25) is 0 Å². The highest BCUT2D eigenvalue weighted by Crippen LogP contribution is 2.08. The Morgan fingerprint density at radius 2 is 2.30 bits per heavy atom. The van der Waals surface area contributed by atoms with Crippen LogP contribution in [-0.4, -0.2) is 10.1 Å². The third kappa shape index (κ3) is 1.63. The highest BCUT2D eigenvalue weighted by atomic mass is 127. The average molecular weight is 253 g/mol. The summed E-state index contributed by atoms with van der Waals surface area (Å²) in [7, 11) is 0. The third-order valence-corrected chi connectivity index (χ3v) is 1.83. The Hall–Kier alpha value is -0.230. The maximum atomic E-state index is 12.5. The van der Waals surface area contributed by atoms with Gasteiger partial charge in [0.1, 0.15) is 0 Å². The van der Waals surface area contributed by atoms with E-state index in [1.54, 1.807) is 12.1 Å². The quantitative estimate of drug-likeness (QED) is 0.604. The number of hydrogen-bond donors (Lipinski definition) is 1. The second kappa shape index (κ2) is 3.25. The summed E-state index contributed by atoms with van der Waals surface area (Å²) in [5.41, 5.74) is 0.359. The standard InChI is InChI=1S/C6H5FINO/c7-6-5(8)2-1-4(3-10)9-6/h1-2,10H,3H2. The lowest BCUT2D eigenvalue weighted by Gasteiger charge is -1.95. The molecule has 0 atom stereocenters. The summed E-state index contributed by atoms with van der Waals surface area (Å²) in [6.07, 6.45) is 0. The summed E-state index contributed by atoms with van der Waals surface area (Å²) < 4.78 is 13.0. The normalized spacial score (nSPS) is 9.90. The molecular weight excluding hydrogens is 248 g/mol. The van der Waals surface area contributed by atoms with Crippen molar-refractivity contribution in [2.24, 2.45) is 0 Å². The van der Waals surface area contributed by atoms with Gasteiger partial charge >= 0.3 is 0 Å². The molecule has 1 rings (SSSR count). The molecule has 1 aromatic heterocycles. The first-order valence-electron chi connectivity index (χ1n) is 2.66. The molecular formula is C6H5FINO. The molecule has 0 aromatic carbocycles. The van der Waals surface area contributed by atoms with Gasteiger partial charge in [0.25, 0.3) is 0 Å². The van der Waals surface area contributed by atoms with Crippen molar-refractivity contribution in [3.05, 3.63) is 27.3 Å². The Morgan fingerprint density at radius 3 is 2.80 bits per heavy atom. The first kappa shape index (κ1) is 7.87. The molecule has 0 aliphatic rings. The van der Waals surface area contributed by atoms with Crippen molar-refractivity contribution in [2.75, 3.05) is 0 Å². The van der Waals surface area contributed by atoms with Crippen LogP contribution in [0.4, 0.5) is 4.39 Å². The van der Waals surface area contributed by atoms with E-state index in [0.717, 1.165) is 0 Å². The molecule has 1 N–H and O–H groups in total. The van der Waals surface area contributed by atoms with Gasteiger partial charge in [-0.2, -0.15) is 4.39 Å². The van der Waals surface area contributed by atoms with Gasteiger partial charge in [0.15, 0.2) is 0 Å². The smallest absolute Gasteiger partial charge is 0.226 e. The van der Waals surface area contributed by atoms with E-state index in [1.165, 1.54) is 0 Å². The van der Waals surface area contributed by atoms with Crippen LogP contribution in [0.25, 0.3) is 0 Å². The first-order valence-corrected chi connectivity index (χ1v) is 3.73. The predicted octanol–water partition coefficient (Wildman–Crippen LogP) is 1.32. The molecule has 0 radical (unpaired) electrons. The number of aromatic nitrogens is 1. The van der Waals surface area contributed by atoms with Gasteiger partial charge in [-0.05, 0) is 34.7 Å². The minimum absolute atomic E-state index is 0.214. The van der Waals surface area contributed by atoms with E-state index >= 15 is 0 Å². The van der Waals surface area contributed by atoms with Crippen molar-refractivity contribution in [2.45, 2.75) is 6.61 Å². The Balaban J connectivity index is 3.04. The number of aliphatic hydroxyl groups is 1. The molecule has 2 nitrogen and oxygen atoms in total. The van der Waals surface area contributed by atoms with Gasteiger partial charge < -0.3 is 5.11 Å². The highest BCUT2D eigenvalue weighted by molar-refractivity contribution is 14.1. The van der Waals surface area contributed by atoms with Crippen LogP contribution in [-0.2, 0) is 6.61 Å². The van der Waals surface area contributed by atoms with E-state index in [4.69, 9.17) is 5.11 Å². The molecule has 0 fully saturated rings. The zero-order valence-corrected chi connectivity index (χ0v) is 7.17. The van der Waals surface area contributed by atoms with Crippen molar-refractivity contribution < 1.29 is 9.50 Å². The van der Waals surface area contributed by atoms with Gasteiger partial charge in [0.2, 0.25) is 5.95 Å². The van der Waals surface area contributed by atoms with Crippen LogP contribution in [0.1, 0.15) is 5.69 Å². The van der Waals surface area contributed by atoms with Gasteiger partial charge in [-0.15, -0.1) is 0 Å².